The van der Waals surface area contributed by atoms with Crippen molar-refractivity contribution in [2.45, 2.75) is 25.4 Å². The molecule has 0 radical (unpaired) electrons. The fourth-order valence-electron chi connectivity index (χ4n) is 1.65. The summed E-state index contributed by atoms with van der Waals surface area (Å²) in [6.45, 7) is 1.48. The van der Waals surface area contributed by atoms with Gasteiger partial charge in [-0.1, -0.05) is 6.92 Å². The van der Waals surface area contributed by atoms with Crippen LogP contribution in [0.5, 0.6) is 0 Å². The van der Waals surface area contributed by atoms with Crippen LogP contribution in [0.15, 0.2) is 16.9 Å². The average molecular weight is 299 g/mol. The molecular formula is C13H21N3O5. The minimum Gasteiger partial charge on any atom is -0.394 e. The molecule has 0 aliphatic rings. The van der Waals surface area contributed by atoms with Gasteiger partial charge in [0, 0.05) is 13.2 Å². The predicted octanol–water partition coefficient (Wildman–Crippen LogP) is -1.25. The van der Waals surface area contributed by atoms with Crippen molar-refractivity contribution in [3.8, 4) is 0 Å². The van der Waals surface area contributed by atoms with Crippen molar-refractivity contribution in [1.82, 2.24) is 15.1 Å². The summed E-state index contributed by atoms with van der Waals surface area (Å²) >= 11 is 0. The van der Waals surface area contributed by atoms with Crippen molar-refractivity contribution in [3.05, 3.63) is 28.2 Å². The van der Waals surface area contributed by atoms with Gasteiger partial charge >= 0.3 is 0 Å². The van der Waals surface area contributed by atoms with Gasteiger partial charge in [0.1, 0.15) is 5.69 Å². The molecule has 8 nitrogen and oxygen atoms in total. The monoisotopic (exact) mass is 299 g/mol. The molecule has 1 heterocycles. The number of aliphatic hydroxyl groups excluding tert-OH is 2. The van der Waals surface area contributed by atoms with Crippen molar-refractivity contribution >= 4 is 5.91 Å². The zero-order chi connectivity index (χ0) is 15.9. The maximum Gasteiger partial charge on any atom is 0.272 e. The zero-order valence-corrected chi connectivity index (χ0v) is 12.2. The molecule has 0 saturated heterocycles. The van der Waals surface area contributed by atoms with Gasteiger partial charge in [-0.2, -0.15) is 5.10 Å². The topological polar surface area (TPSA) is 114 Å². The first-order valence-electron chi connectivity index (χ1n) is 6.63. The van der Waals surface area contributed by atoms with E-state index in [4.69, 9.17) is 4.74 Å². The Balaban J connectivity index is 2.94. The molecule has 1 amide bonds. The third kappa shape index (κ3) is 4.35. The van der Waals surface area contributed by atoms with Crippen LogP contribution in [0.3, 0.4) is 0 Å². The maximum atomic E-state index is 12.1. The van der Waals surface area contributed by atoms with E-state index in [9.17, 15) is 19.8 Å². The van der Waals surface area contributed by atoms with E-state index >= 15 is 0 Å². The van der Waals surface area contributed by atoms with E-state index in [1.807, 2.05) is 0 Å². The van der Waals surface area contributed by atoms with Crippen LogP contribution in [0, 0.1) is 0 Å². The van der Waals surface area contributed by atoms with Crippen LogP contribution in [0.1, 0.15) is 23.8 Å². The highest BCUT2D eigenvalue weighted by Gasteiger charge is 2.29. The second-order valence-electron chi connectivity index (χ2n) is 4.68. The third-order valence-electron chi connectivity index (χ3n) is 3.27. The molecule has 0 aliphatic carbocycles. The Morgan fingerprint density at radius 1 is 1.43 bits per heavy atom. The molecule has 0 spiro atoms. The van der Waals surface area contributed by atoms with Crippen LogP contribution in [0.2, 0.25) is 0 Å². The molecule has 0 aliphatic heterocycles. The molecule has 0 unspecified atom stereocenters. The van der Waals surface area contributed by atoms with Crippen LogP contribution in [-0.4, -0.2) is 58.4 Å². The number of hydrogen-bond donors (Lipinski definition) is 3. The first kappa shape index (κ1) is 17.3. The fraction of sp³-hybridized carbons (Fsp3) is 0.615. The van der Waals surface area contributed by atoms with Gasteiger partial charge < -0.3 is 20.3 Å². The molecule has 118 valence electrons. The minimum atomic E-state index is -1.10. The Labute approximate surface area is 122 Å². The van der Waals surface area contributed by atoms with E-state index in [1.54, 1.807) is 6.92 Å². The number of amides is 1. The predicted molar refractivity (Wildman–Crippen MR) is 75.0 cm³/mol. The highest BCUT2D eigenvalue weighted by molar-refractivity contribution is 5.92. The number of ether oxygens (including phenoxy) is 1. The molecular weight excluding hydrogens is 278 g/mol. The number of carbonyl (C=O) groups excluding carboxylic acids is 1. The normalized spacial score (nSPS) is 11.4. The summed E-state index contributed by atoms with van der Waals surface area (Å²) < 4.78 is 6.00. The molecule has 0 aromatic carbocycles. The number of rotatable bonds is 8. The quantitative estimate of drug-likeness (QED) is 0.553. The Morgan fingerprint density at radius 2 is 2.10 bits per heavy atom. The first-order valence-corrected chi connectivity index (χ1v) is 6.63. The van der Waals surface area contributed by atoms with Crippen LogP contribution in [0.25, 0.3) is 0 Å². The zero-order valence-electron chi connectivity index (χ0n) is 12.2. The van der Waals surface area contributed by atoms with E-state index in [-0.39, 0.29) is 17.8 Å². The van der Waals surface area contributed by atoms with E-state index in [1.165, 1.54) is 19.2 Å². The maximum absolute atomic E-state index is 12.1. The lowest BCUT2D eigenvalue weighted by Gasteiger charge is -2.29. The summed E-state index contributed by atoms with van der Waals surface area (Å²) in [6, 6.07) is 2.54. The second-order valence-corrected chi connectivity index (χ2v) is 4.68. The van der Waals surface area contributed by atoms with Crippen LogP contribution < -0.4 is 10.9 Å². The number of carbonyl (C=O) groups is 1. The van der Waals surface area contributed by atoms with Crippen molar-refractivity contribution in [2.75, 3.05) is 26.9 Å². The molecule has 3 N–H and O–H groups in total. The Hall–Kier alpha value is -1.77. The lowest BCUT2D eigenvalue weighted by molar-refractivity contribution is 0.0646. The summed E-state index contributed by atoms with van der Waals surface area (Å²) in [4.78, 5) is 23.7. The van der Waals surface area contributed by atoms with Gasteiger partial charge in [-0.25, -0.2) is 4.68 Å². The molecule has 0 bridgehead atoms. The van der Waals surface area contributed by atoms with Crippen molar-refractivity contribution < 1.29 is 19.7 Å². The molecule has 1 aromatic heterocycles. The summed E-state index contributed by atoms with van der Waals surface area (Å²) in [5, 5.41) is 25.1. The smallest absolute Gasteiger partial charge is 0.272 e. The van der Waals surface area contributed by atoms with Crippen molar-refractivity contribution in [1.29, 1.82) is 0 Å². The van der Waals surface area contributed by atoms with Crippen LogP contribution in [0.4, 0.5) is 0 Å². The Kier molecular flexibility index (Phi) is 6.47. The Morgan fingerprint density at radius 3 is 2.62 bits per heavy atom. The Bertz CT molecular complexity index is 517. The lowest BCUT2D eigenvalue weighted by atomic mass is 9.98. The van der Waals surface area contributed by atoms with Gasteiger partial charge in [0.15, 0.2) is 0 Å². The van der Waals surface area contributed by atoms with Crippen LogP contribution in [-0.2, 0) is 11.3 Å². The van der Waals surface area contributed by atoms with Gasteiger partial charge in [0.25, 0.3) is 11.5 Å². The molecule has 0 fully saturated rings. The summed E-state index contributed by atoms with van der Waals surface area (Å²) in [5.41, 5.74) is -1.41. The summed E-state index contributed by atoms with van der Waals surface area (Å²) in [7, 11) is 1.50. The second kappa shape index (κ2) is 7.87. The number of methoxy groups -OCH3 is 1. The molecule has 1 aromatic rings. The number of nitrogens with zero attached hydrogens (tertiary/aromatic N) is 2. The molecule has 0 saturated carbocycles. The highest BCUT2D eigenvalue weighted by Crippen LogP contribution is 2.09. The average Bonchev–Trinajstić information content (AvgIpc) is 2.51. The van der Waals surface area contributed by atoms with E-state index < -0.39 is 24.7 Å². The van der Waals surface area contributed by atoms with Crippen molar-refractivity contribution in [3.63, 3.8) is 0 Å². The molecule has 0 atom stereocenters. The van der Waals surface area contributed by atoms with E-state index in [2.05, 4.69) is 10.4 Å². The molecule has 1 rings (SSSR count). The first-order chi connectivity index (χ1) is 10.0. The van der Waals surface area contributed by atoms with Crippen molar-refractivity contribution in [2.24, 2.45) is 0 Å². The van der Waals surface area contributed by atoms with Gasteiger partial charge in [0.2, 0.25) is 0 Å². The van der Waals surface area contributed by atoms with Gasteiger partial charge in [0.05, 0.1) is 31.9 Å². The number of aliphatic hydroxyl groups is 2. The van der Waals surface area contributed by atoms with E-state index in [0.29, 0.717) is 13.0 Å². The van der Waals surface area contributed by atoms with Gasteiger partial charge in [-0.15, -0.1) is 0 Å². The number of nitrogens with one attached hydrogen (secondary N) is 1. The van der Waals surface area contributed by atoms with E-state index in [0.717, 1.165) is 4.68 Å². The summed E-state index contributed by atoms with van der Waals surface area (Å²) in [5.74, 6) is -0.564. The number of aromatic nitrogens is 2. The van der Waals surface area contributed by atoms with Crippen LogP contribution >= 0.6 is 0 Å². The summed E-state index contributed by atoms with van der Waals surface area (Å²) in [6.07, 6.45) is 0.356. The lowest BCUT2D eigenvalue weighted by Crippen LogP contribution is -2.54. The fourth-order valence-corrected chi connectivity index (χ4v) is 1.65. The minimum absolute atomic E-state index is 0.0328. The SMILES string of the molecule is CCC(CO)(CO)NC(=O)c1ccc(=O)n(CCOC)n1. The largest absolute Gasteiger partial charge is 0.394 e. The standard InChI is InChI=1S/C13H21N3O5/c1-3-13(8-17,9-18)14-12(20)10-4-5-11(19)16(15-10)6-7-21-2/h4-5,17-18H,3,6-9H2,1-2H3,(H,14,20). The van der Waals surface area contributed by atoms with Gasteiger partial charge in [-0.05, 0) is 12.5 Å². The number of hydrogen-bond acceptors (Lipinski definition) is 6. The molecule has 21 heavy (non-hydrogen) atoms. The van der Waals surface area contributed by atoms with Gasteiger partial charge in [-0.3, -0.25) is 9.59 Å². The molecule has 8 heteroatoms. The highest BCUT2D eigenvalue weighted by atomic mass is 16.5. The third-order valence-corrected chi connectivity index (χ3v) is 3.27.